The molecule has 81 heavy (non-hydrogen) atoms. The number of allylic oxidation sites excluding steroid dienone is 6. The molecule has 12 rings (SSSR count). The van der Waals surface area contributed by atoms with E-state index in [4.69, 9.17) is 0 Å². The molecule has 8 aromatic carbocycles. The fourth-order valence-corrected chi connectivity index (χ4v) is 12.1. The highest BCUT2D eigenvalue weighted by Gasteiger charge is 2.46. The molecular formula is C70H56N5O6+. The number of imide groups is 1. The van der Waals surface area contributed by atoms with Crippen LogP contribution in [-0.2, 0) is 20.4 Å². The minimum Gasteiger partial charge on any atom is -0.335 e. The molecule has 11 heteroatoms. The summed E-state index contributed by atoms with van der Waals surface area (Å²) in [4.78, 5) is 90.4. The predicted molar refractivity (Wildman–Crippen MR) is 318 cm³/mol. The Balaban J connectivity index is 0.829. The van der Waals surface area contributed by atoms with E-state index in [1.54, 1.807) is 107 Å². The van der Waals surface area contributed by atoms with Crippen molar-refractivity contribution in [1.29, 1.82) is 0 Å². The molecule has 3 aliphatic heterocycles. The monoisotopic (exact) mass is 1060 g/mol. The van der Waals surface area contributed by atoms with E-state index in [0.717, 1.165) is 33.9 Å². The molecule has 4 amide bonds. The van der Waals surface area contributed by atoms with Gasteiger partial charge in [-0.2, -0.15) is 4.58 Å². The van der Waals surface area contributed by atoms with Crippen molar-refractivity contribution in [2.24, 2.45) is 0 Å². The number of hydrogen-bond donors (Lipinski definition) is 0. The highest BCUT2D eigenvalue weighted by atomic mass is 16.2. The molecule has 8 aromatic rings. The Kier molecular flexibility index (Phi) is 13.1. The first-order valence-corrected chi connectivity index (χ1v) is 27.0. The number of anilines is 6. The molecule has 0 spiro atoms. The molecule has 3 heterocycles. The summed E-state index contributed by atoms with van der Waals surface area (Å²) in [5.74, 6) is -2.55. The minimum atomic E-state index is -0.933. The van der Waals surface area contributed by atoms with Crippen molar-refractivity contribution in [3.05, 3.63) is 281 Å². The molecule has 0 unspecified atom stereocenters. The number of ketones is 2. The van der Waals surface area contributed by atoms with Gasteiger partial charge in [-0.1, -0.05) is 153 Å². The highest BCUT2D eigenvalue weighted by Crippen LogP contribution is 2.48. The van der Waals surface area contributed by atoms with Crippen LogP contribution in [0.5, 0.6) is 0 Å². The number of hydrogen-bond acceptors (Lipinski definition) is 7. The van der Waals surface area contributed by atoms with Gasteiger partial charge in [0.15, 0.2) is 17.3 Å². The van der Waals surface area contributed by atoms with E-state index >= 15 is 9.59 Å². The number of carbonyl (C=O) groups is 6. The van der Waals surface area contributed by atoms with Crippen LogP contribution in [0.3, 0.4) is 0 Å². The summed E-state index contributed by atoms with van der Waals surface area (Å²) in [6.07, 6.45) is 10.1. The quantitative estimate of drug-likeness (QED) is 0.0488. The molecule has 1 aliphatic carbocycles. The minimum absolute atomic E-state index is 0.00280. The van der Waals surface area contributed by atoms with Crippen molar-refractivity contribution in [1.82, 2.24) is 0 Å². The standard InChI is InChI=1S/C70H56N5O6/c1-69(2)56-30-18-20-32-58(56)71(44-62(76)73(47-22-8-5-9-23-47)49-38-36-46(37-39-49)64-65(78)52-26-14-15-27-53(52)66(64)79)60(69)34-12-7-13-35-61-70(3,4)57-31-19-21-33-59(57)72(61)45-63(77)74(48-24-10-6-11-25-48)50-40-42-51(43-41-50)75-67(80)54-28-16-17-29-55(54)68(75)81/h5-43,64H,44-45H2,1-4H3/q+1. The van der Waals surface area contributed by atoms with Crippen LogP contribution in [-0.4, -0.2) is 58.6 Å². The molecule has 4 aliphatic rings. The third-order valence-electron chi connectivity index (χ3n) is 16.1. The van der Waals surface area contributed by atoms with Gasteiger partial charge < -0.3 is 4.90 Å². The van der Waals surface area contributed by atoms with Crippen LogP contribution < -0.4 is 19.6 Å². The second-order valence-electron chi connectivity index (χ2n) is 21.6. The van der Waals surface area contributed by atoms with E-state index in [9.17, 15) is 19.2 Å². The molecule has 0 saturated carbocycles. The summed E-state index contributed by atoms with van der Waals surface area (Å²) in [6, 6.07) is 63.0. The molecule has 0 atom stereocenters. The maximum atomic E-state index is 15.0. The van der Waals surface area contributed by atoms with Crippen LogP contribution in [0.25, 0.3) is 0 Å². The number of fused-ring (bicyclic) bond motifs is 4. The molecule has 0 aromatic heterocycles. The van der Waals surface area contributed by atoms with Gasteiger partial charge in [0.05, 0.1) is 22.2 Å². The summed E-state index contributed by atoms with van der Waals surface area (Å²) in [6.45, 7) is 8.64. The Morgan fingerprint density at radius 3 is 1.57 bits per heavy atom. The van der Waals surface area contributed by atoms with Crippen molar-refractivity contribution in [3.63, 3.8) is 0 Å². The van der Waals surface area contributed by atoms with Gasteiger partial charge in [0, 0.05) is 68.4 Å². The van der Waals surface area contributed by atoms with Crippen LogP contribution in [0.4, 0.5) is 39.8 Å². The molecule has 396 valence electrons. The number of benzene rings is 8. The zero-order chi connectivity index (χ0) is 56.2. The van der Waals surface area contributed by atoms with Crippen LogP contribution in [0.15, 0.2) is 242 Å². The van der Waals surface area contributed by atoms with Gasteiger partial charge >= 0.3 is 0 Å². The Bertz CT molecular complexity index is 3950. The summed E-state index contributed by atoms with van der Waals surface area (Å²) in [7, 11) is 0. The first-order valence-electron chi connectivity index (χ1n) is 27.0. The Hall–Kier alpha value is -10.1. The lowest BCUT2D eigenvalue weighted by Gasteiger charge is -2.30. The van der Waals surface area contributed by atoms with Gasteiger partial charge in [0.25, 0.3) is 23.6 Å². The number of carbonyl (C=O) groups excluding carboxylic acids is 6. The van der Waals surface area contributed by atoms with E-state index in [-0.39, 0.29) is 36.5 Å². The van der Waals surface area contributed by atoms with Gasteiger partial charge in [0.2, 0.25) is 12.2 Å². The molecular weight excluding hydrogens is 1010 g/mol. The SMILES string of the molecule is CC1(C)C(=CC=CC=CC2=[N+](CC(=O)N(c3ccccc3)c3ccc(N4C(=O)c5ccccc5C4=O)cc3)c3ccccc3C2(C)C)N(CC(=O)N(c2ccccc2)c2ccc(C3C(=O)c4ccccc4C3=O)cc2)c2ccccc21. The third-order valence-corrected chi connectivity index (χ3v) is 16.1. The smallest absolute Gasteiger partial charge is 0.297 e. The lowest BCUT2D eigenvalue weighted by atomic mass is 9.81. The number of nitrogens with zero attached hydrogens (tertiary/aromatic N) is 5. The van der Waals surface area contributed by atoms with Gasteiger partial charge in [0.1, 0.15) is 12.5 Å². The normalized spacial score (nSPS) is 16.4. The molecule has 0 saturated heterocycles. The largest absolute Gasteiger partial charge is 0.335 e. The summed E-state index contributed by atoms with van der Waals surface area (Å²) in [5, 5.41) is 0. The Labute approximate surface area is 470 Å². The maximum absolute atomic E-state index is 15.0. The van der Waals surface area contributed by atoms with E-state index in [2.05, 4.69) is 61.5 Å². The number of Topliss-reactive ketones (excluding diaryl/α,β-unsaturated/α-hetero) is 2. The summed E-state index contributed by atoms with van der Waals surface area (Å²) in [5.41, 5.74) is 9.95. The summed E-state index contributed by atoms with van der Waals surface area (Å²) >= 11 is 0. The predicted octanol–water partition coefficient (Wildman–Crippen LogP) is 13.6. The first kappa shape index (κ1) is 51.6. The van der Waals surface area contributed by atoms with Crippen LogP contribution in [0, 0.1) is 0 Å². The summed E-state index contributed by atoms with van der Waals surface area (Å²) < 4.78 is 2.08. The van der Waals surface area contributed by atoms with Crippen LogP contribution >= 0.6 is 0 Å². The molecule has 0 radical (unpaired) electrons. The Morgan fingerprint density at radius 1 is 0.494 bits per heavy atom. The zero-order valence-electron chi connectivity index (χ0n) is 45.2. The van der Waals surface area contributed by atoms with E-state index in [1.807, 2.05) is 115 Å². The average molecular weight is 1060 g/mol. The van der Waals surface area contributed by atoms with Gasteiger partial charge in [-0.25, -0.2) is 4.90 Å². The van der Waals surface area contributed by atoms with Gasteiger partial charge in [-0.3, -0.25) is 38.6 Å². The number of rotatable bonds is 13. The fraction of sp³-hybridized carbons (Fsp3) is 0.129. The first-order chi connectivity index (χ1) is 39.2. The second-order valence-corrected chi connectivity index (χ2v) is 21.6. The fourth-order valence-electron chi connectivity index (χ4n) is 12.1. The van der Waals surface area contributed by atoms with Crippen molar-refractivity contribution in [3.8, 4) is 0 Å². The molecule has 0 fully saturated rings. The van der Waals surface area contributed by atoms with E-state index in [1.165, 1.54) is 4.90 Å². The van der Waals surface area contributed by atoms with Crippen LogP contribution in [0.1, 0.15) is 91.7 Å². The third kappa shape index (κ3) is 8.93. The van der Waals surface area contributed by atoms with Gasteiger partial charge in [-0.05, 0) is 110 Å². The van der Waals surface area contributed by atoms with Crippen molar-refractivity contribution < 1.29 is 33.3 Å². The molecule has 0 N–H and O–H groups in total. The highest BCUT2D eigenvalue weighted by molar-refractivity contribution is 6.34. The number of para-hydroxylation sites is 4. The molecule has 0 bridgehead atoms. The lowest BCUT2D eigenvalue weighted by Crippen LogP contribution is -2.38. The van der Waals surface area contributed by atoms with E-state index in [0.29, 0.717) is 56.3 Å². The van der Waals surface area contributed by atoms with Crippen molar-refractivity contribution in [2.75, 3.05) is 32.7 Å². The van der Waals surface area contributed by atoms with Crippen molar-refractivity contribution >= 4 is 80.7 Å². The topological polar surface area (TPSA) is 118 Å². The van der Waals surface area contributed by atoms with Crippen LogP contribution in [0.2, 0.25) is 0 Å². The second kappa shape index (κ2) is 20.6. The number of amides is 4. The average Bonchev–Trinajstić information content (AvgIpc) is 4.26. The van der Waals surface area contributed by atoms with E-state index < -0.39 is 28.6 Å². The van der Waals surface area contributed by atoms with Crippen molar-refractivity contribution in [2.45, 2.75) is 44.4 Å². The lowest BCUT2D eigenvalue weighted by molar-refractivity contribution is -0.424. The Morgan fingerprint density at radius 2 is 0.975 bits per heavy atom. The maximum Gasteiger partial charge on any atom is 0.297 e. The molecule has 11 nitrogen and oxygen atoms in total. The van der Waals surface area contributed by atoms with Gasteiger partial charge in [-0.15, -0.1) is 0 Å². The zero-order valence-corrected chi connectivity index (χ0v) is 45.2.